The maximum atomic E-state index is 12.6. The molecule has 27 heavy (non-hydrogen) atoms. The highest BCUT2D eigenvalue weighted by atomic mass is 79.9. The van der Waals surface area contributed by atoms with E-state index in [-0.39, 0.29) is 34.3 Å². The van der Waals surface area contributed by atoms with Crippen molar-refractivity contribution >= 4 is 50.1 Å². The predicted molar refractivity (Wildman–Crippen MR) is 105 cm³/mol. The largest absolute Gasteiger partial charge is 0.462 e. The van der Waals surface area contributed by atoms with Crippen LogP contribution in [0.25, 0.3) is 0 Å². The van der Waals surface area contributed by atoms with Gasteiger partial charge in [0.2, 0.25) is 0 Å². The molecule has 0 aliphatic rings. The lowest BCUT2D eigenvalue weighted by Crippen LogP contribution is -2.16. The lowest BCUT2D eigenvalue weighted by molar-refractivity contribution is 0.0527. The summed E-state index contributed by atoms with van der Waals surface area (Å²) < 4.78 is 12.2. The Hall–Kier alpha value is -2.20. The van der Waals surface area contributed by atoms with Crippen LogP contribution < -0.4 is 5.32 Å². The minimum absolute atomic E-state index is 0.143. The lowest BCUT2D eigenvalue weighted by Gasteiger charge is -2.06. The molecular formula is C17H20BrN3O5S. The van der Waals surface area contributed by atoms with Crippen LogP contribution in [0.4, 0.5) is 5.00 Å². The Morgan fingerprint density at radius 3 is 2.37 bits per heavy atom. The predicted octanol–water partition coefficient (Wildman–Crippen LogP) is 3.64. The molecule has 2 heterocycles. The Bertz CT molecular complexity index is 874. The summed E-state index contributed by atoms with van der Waals surface area (Å²) in [5.41, 5.74) is 0.727. The number of aromatic nitrogens is 2. The van der Waals surface area contributed by atoms with Gasteiger partial charge < -0.3 is 14.8 Å². The summed E-state index contributed by atoms with van der Waals surface area (Å²) >= 11 is 4.27. The van der Waals surface area contributed by atoms with Gasteiger partial charge in [0.05, 0.1) is 23.2 Å². The van der Waals surface area contributed by atoms with Crippen molar-refractivity contribution in [3.8, 4) is 0 Å². The third-order valence-electron chi connectivity index (χ3n) is 3.57. The number of thiophene rings is 1. The molecule has 0 atom stereocenters. The zero-order valence-electron chi connectivity index (χ0n) is 15.4. The number of rotatable bonds is 7. The molecular weight excluding hydrogens is 438 g/mol. The molecule has 0 saturated carbocycles. The molecule has 1 amide bonds. The molecule has 0 aliphatic heterocycles. The van der Waals surface area contributed by atoms with Crippen molar-refractivity contribution in [1.82, 2.24) is 9.78 Å². The fourth-order valence-corrected chi connectivity index (χ4v) is 3.90. The van der Waals surface area contributed by atoms with Crippen molar-refractivity contribution in [3.05, 3.63) is 32.4 Å². The van der Waals surface area contributed by atoms with Crippen LogP contribution in [0.5, 0.6) is 0 Å². The van der Waals surface area contributed by atoms with Crippen LogP contribution in [0.1, 0.15) is 56.9 Å². The van der Waals surface area contributed by atoms with Crippen molar-refractivity contribution < 1.29 is 23.9 Å². The van der Waals surface area contributed by atoms with E-state index >= 15 is 0 Å². The molecule has 8 nitrogen and oxygen atoms in total. The van der Waals surface area contributed by atoms with Gasteiger partial charge in [-0.1, -0.05) is 0 Å². The van der Waals surface area contributed by atoms with Gasteiger partial charge in [-0.2, -0.15) is 5.10 Å². The van der Waals surface area contributed by atoms with Crippen molar-refractivity contribution in [3.63, 3.8) is 0 Å². The van der Waals surface area contributed by atoms with E-state index < -0.39 is 17.8 Å². The first-order chi connectivity index (χ1) is 12.8. The quantitative estimate of drug-likeness (QED) is 0.636. The van der Waals surface area contributed by atoms with Gasteiger partial charge in [-0.05, 0) is 49.2 Å². The second kappa shape index (κ2) is 9.14. The molecule has 2 aromatic heterocycles. The first-order valence-corrected chi connectivity index (χ1v) is 9.96. The molecule has 0 unspecified atom stereocenters. The third kappa shape index (κ3) is 4.56. The van der Waals surface area contributed by atoms with Crippen molar-refractivity contribution in [1.29, 1.82) is 0 Å². The van der Waals surface area contributed by atoms with Crippen LogP contribution in [0.3, 0.4) is 0 Å². The number of esters is 2. The second-order valence-corrected chi connectivity index (χ2v) is 7.21. The number of anilines is 1. The van der Waals surface area contributed by atoms with Crippen LogP contribution >= 0.6 is 27.3 Å². The third-order valence-corrected chi connectivity index (χ3v) is 5.34. The molecule has 146 valence electrons. The summed E-state index contributed by atoms with van der Waals surface area (Å²) in [6, 6.07) is 0. The standard InChI is InChI=1S/C17H20BrN3O5S/c1-5-21-8-10(18)12(20-21)14(22)19-15-11(16(23)25-6-2)9(4)13(27-15)17(24)26-7-3/h8H,5-7H2,1-4H3,(H,19,22). The average molecular weight is 458 g/mol. The second-order valence-electron chi connectivity index (χ2n) is 5.34. The molecule has 0 aromatic carbocycles. The van der Waals surface area contributed by atoms with Crippen molar-refractivity contribution in [2.45, 2.75) is 34.2 Å². The van der Waals surface area contributed by atoms with Crippen molar-refractivity contribution in [2.24, 2.45) is 0 Å². The normalized spacial score (nSPS) is 10.6. The van der Waals surface area contributed by atoms with Crippen LogP contribution in [-0.4, -0.2) is 40.8 Å². The average Bonchev–Trinajstić information content (AvgIpc) is 3.15. The number of halogens is 1. The fourth-order valence-electron chi connectivity index (χ4n) is 2.32. The molecule has 0 aliphatic carbocycles. The van der Waals surface area contributed by atoms with Crippen LogP contribution in [-0.2, 0) is 16.0 Å². The topological polar surface area (TPSA) is 99.5 Å². The van der Waals surface area contributed by atoms with E-state index in [4.69, 9.17) is 9.47 Å². The highest BCUT2D eigenvalue weighted by Gasteiger charge is 2.28. The van der Waals surface area contributed by atoms with Gasteiger partial charge in [0.1, 0.15) is 9.88 Å². The molecule has 1 N–H and O–H groups in total. The first-order valence-electron chi connectivity index (χ1n) is 8.35. The van der Waals surface area contributed by atoms with E-state index in [1.807, 2.05) is 6.92 Å². The summed E-state index contributed by atoms with van der Waals surface area (Å²) in [7, 11) is 0. The SMILES string of the molecule is CCOC(=O)c1sc(NC(=O)c2nn(CC)cc2Br)c(C(=O)OCC)c1C. The number of nitrogens with one attached hydrogen (secondary N) is 1. The van der Waals surface area contributed by atoms with E-state index in [0.717, 1.165) is 11.3 Å². The summed E-state index contributed by atoms with van der Waals surface area (Å²) in [6.07, 6.45) is 1.69. The Morgan fingerprint density at radius 1 is 1.19 bits per heavy atom. The van der Waals surface area contributed by atoms with Crippen LogP contribution in [0, 0.1) is 6.92 Å². The van der Waals surface area contributed by atoms with Crippen LogP contribution in [0.15, 0.2) is 10.7 Å². The maximum Gasteiger partial charge on any atom is 0.348 e. The number of hydrogen-bond acceptors (Lipinski definition) is 7. The van der Waals surface area contributed by atoms with E-state index in [1.165, 1.54) is 0 Å². The maximum absolute atomic E-state index is 12.6. The summed E-state index contributed by atoms with van der Waals surface area (Å²) in [6.45, 7) is 7.86. The molecule has 2 rings (SSSR count). The van der Waals surface area contributed by atoms with Crippen LogP contribution in [0.2, 0.25) is 0 Å². The molecule has 2 aromatic rings. The van der Waals surface area contributed by atoms with Gasteiger partial charge in [-0.25, -0.2) is 9.59 Å². The number of carbonyl (C=O) groups excluding carboxylic acids is 3. The number of carbonyl (C=O) groups is 3. The number of amides is 1. The lowest BCUT2D eigenvalue weighted by atomic mass is 10.1. The fraction of sp³-hybridized carbons (Fsp3) is 0.412. The number of hydrogen-bond donors (Lipinski definition) is 1. The first kappa shape index (κ1) is 21.1. The molecule has 0 saturated heterocycles. The number of ether oxygens (including phenoxy) is 2. The van der Waals surface area contributed by atoms with Gasteiger partial charge in [0, 0.05) is 12.7 Å². The summed E-state index contributed by atoms with van der Waals surface area (Å²) in [5, 5.41) is 7.07. The van der Waals surface area contributed by atoms with E-state index in [9.17, 15) is 14.4 Å². The molecule has 0 fully saturated rings. The zero-order valence-corrected chi connectivity index (χ0v) is 17.8. The van der Waals surface area contributed by atoms with Gasteiger partial charge in [0.25, 0.3) is 5.91 Å². The molecule has 0 bridgehead atoms. The van der Waals surface area contributed by atoms with E-state index in [1.54, 1.807) is 31.6 Å². The highest BCUT2D eigenvalue weighted by molar-refractivity contribution is 9.10. The van der Waals surface area contributed by atoms with Crippen molar-refractivity contribution in [2.75, 3.05) is 18.5 Å². The summed E-state index contributed by atoms with van der Waals surface area (Å²) in [5.74, 6) is -1.67. The monoisotopic (exact) mass is 457 g/mol. The Labute approximate surface area is 169 Å². The molecule has 0 spiro atoms. The van der Waals surface area contributed by atoms with E-state index in [2.05, 4.69) is 26.3 Å². The Balaban J connectivity index is 2.42. The minimum Gasteiger partial charge on any atom is -0.462 e. The Morgan fingerprint density at radius 2 is 1.81 bits per heavy atom. The zero-order chi connectivity index (χ0) is 20.1. The minimum atomic E-state index is -0.616. The number of nitrogens with zero attached hydrogens (tertiary/aromatic N) is 2. The summed E-state index contributed by atoms with van der Waals surface area (Å²) in [4.78, 5) is 37.4. The highest BCUT2D eigenvalue weighted by Crippen LogP contribution is 2.35. The molecule has 10 heteroatoms. The van der Waals surface area contributed by atoms with Gasteiger partial charge in [-0.15, -0.1) is 11.3 Å². The molecule has 0 radical (unpaired) electrons. The smallest absolute Gasteiger partial charge is 0.348 e. The Kier molecular flexibility index (Phi) is 7.14. The van der Waals surface area contributed by atoms with Gasteiger partial charge in [0.15, 0.2) is 5.69 Å². The van der Waals surface area contributed by atoms with Gasteiger partial charge >= 0.3 is 11.9 Å². The van der Waals surface area contributed by atoms with Gasteiger partial charge in [-0.3, -0.25) is 9.48 Å². The number of aryl methyl sites for hydroxylation is 1. The van der Waals surface area contributed by atoms with E-state index in [0.29, 0.717) is 16.6 Å².